The molecule has 6 nitrogen and oxygen atoms in total. The Morgan fingerprint density at radius 3 is 2.47 bits per heavy atom. The van der Waals surface area contributed by atoms with Crippen molar-refractivity contribution >= 4 is 5.91 Å². The van der Waals surface area contributed by atoms with E-state index in [9.17, 15) is 4.79 Å². The highest BCUT2D eigenvalue weighted by Crippen LogP contribution is 2.31. The van der Waals surface area contributed by atoms with Gasteiger partial charge in [-0.25, -0.2) is 0 Å². The minimum Gasteiger partial charge on any atom is -0.395 e. The third-order valence-electron chi connectivity index (χ3n) is 3.66. The summed E-state index contributed by atoms with van der Waals surface area (Å²) in [6.07, 6.45) is 1.54. The average molecular weight is 274 g/mol. The van der Waals surface area contributed by atoms with E-state index in [1.807, 2.05) is 0 Å². The number of carbonyl (C=O) groups is 1. The molecule has 1 rings (SSSR count). The molecule has 1 aliphatic rings. The minimum absolute atomic E-state index is 0.0310. The fraction of sp³-hybridized carbons (Fsp3) is 0.923. The van der Waals surface area contributed by atoms with E-state index in [1.54, 1.807) is 19.1 Å². The predicted octanol–water partition coefficient (Wildman–Crippen LogP) is -0.530. The van der Waals surface area contributed by atoms with Crippen LogP contribution in [0.5, 0.6) is 0 Å². The Labute approximate surface area is 115 Å². The summed E-state index contributed by atoms with van der Waals surface area (Å²) >= 11 is 0. The molecule has 6 heteroatoms. The standard InChI is InChI=1S/C13H26N2O4/c1-18-10-8-15(7-9-16)12(17)13(11-19-2)3-5-14-6-4-13/h14,16H,3-11H2,1-2H3. The van der Waals surface area contributed by atoms with E-state index in [1.165, 1.54) is 0 Å². The van der Waals surface area contributed by atoms with Crippen LogP contribution in [0.25, 0.3) is 0 Å². The molecule has 0 bridgehead atoms. The number of aliphatic hydroxyl groups is 1. The Hall–Kier alpha value is -0.690. The van der Waals surface area contributed by atoms with Gasteiger partial charge in [-0.2, -0.15) is 0 Å². The maximum absolute atomic E-state index is 12.8. The van der Waals surface area contributed by atoms with Gasteiger partial charge in [0.05, 0.1) is 25.2 Å². The largest absolute Gasteiger partial charge is 0.395 e. The van der Waals surface area contributed by atoms with Crippen LogP contribution in [0.15, 0.2) is 0 Å². The Morgan fingerprint density at radius 2 is 1.95 bits per heavy atom. The molecule has 112 valence electrons. The second kappa shape index (κ2) is 8.47. The van der Waals surface area contributed by atoms with Crippen molar-refractivity contribution in [2.24, 2.45) is 5.41 Å². The summed E-state index contributed by atoms with van der Waals surface area (Å²) in [4.78, 5) is 14.4. The van der Waals surface area contributed by atoms with Crippen molar-refractivity contribution in [1.82, 2.24) is 10.2 Å². The number of ether oxygens (including phenoxy) is 2. The first-order valence-corrected chi connectivity index (χ1v) is 6.79. The van der Waals surface area contributed by atoms with Crippen LogP contribution < -0.4 is 5.32 Å². The van der Waals surface area contributed by atoms with Crippen LogP contribution in [-0.4, -0.2) is 76.1 Å². The van der Waals surface area contributed by atoms with Crippen molar-refractivity contribution in [2.45, 2.75) is 12.8 Å². The molecular formula is C13H26N2O4. The summed E-state index contributed by atoms with van der Waals surface area (Å²) in [6.45, 7) is 3.39. The van der Waals surface area contributed by atoms with E-state index >= 15 is 0 Å². The number of aliphatic hydroxyl groups excluding tert-OH is 1. The van der Waals surface area contributed by atoms with Gasteiger partial charge in [0.15, 0.2) is 0 Å². The van der Waals surface area contributed by atoms with Gasteiger partial charge in [0, 0.05) is 27.3 Å². The number of rotatable bonds is 8. The monoisotopic (exact) mass is 274 g/mol. The molecule has 0 unspecified atom stereocenters. The van der Waals surface area contributed by atoms with E-state index in [-0.39, 0.29) is 12.5 Å². The first-order chi connectivity index (χ1) is 9.20. The molecule has 0 atom stereocenters. The van der Waals surface area contributed by atoms with E-state index in [0.717, 1.165) is 25.9 Å². The van der Waals surface area contributed by atoms with Crippen molar-refractivity contribution in [1.29, 1.82) is 0 Å². The number of carbonyl (C=O) groups excluding carboxylic acids is 1. The molecule has 1 heterocycles. The number of amides is 1. The first kappa shape index (κ1) is 16.4. The average Bonchev–Trinajstić information content (AvgIpc) is 2.44. The third-order valence-corrected chi connectivity index (χ3v) is 3.66. The van der Waals surface area contributed by atoms with E-state index in [2.05, 4.69) is 5.32 Å². The van der Waals surface area contributed by atoms with Gasteiger partial charge in [-0.05, 0) is 25.9 Å². The number of methoxy groups -OCH3 is 2. The van der Waals surface area contributed by atoms with Gasteiger partial charge in [0.25, 0.3) is 0 Å². The summed E-state index contributed by atoms with van der Waals surface area (Å²) in [5.41, 5.74) is -0.455. The van der Waals surface area contributed by atoms with Crippen LogP contribution in [-0.2, 0) is 14.3 Å². The smallest absolute Gasteiger partial charge is 0.231 e. The van der Waals surface area contributed by atoms with Crippen LogP contribution in [0.2, 0.25) is 0 Å². The van der Waals surface area contributed by atoms with Crippen LogP contribution in [0.4, 0.5) is 0 Å². The summed E-state index contributed by atoms with van der Waals surface area (Å²) < 4.78 is 10.3. The Kier molecular flexibility index (Phi) is 7.30. The summed E-state index contributed by atoms with van der Waals surface area (Å²) in [6, 6.07) is 0. The summed E-state index contributed by atoms with van der Waals surface area (Å²) in [7, 11) is 3.24. The molecule has 2 N–H and O–H groups in total. The van der Waals surface area contributed by atoms with Crippen LogP contribution in [0, 0.1) is 5.41 Å². The number of hydrogen-bond acceptors (Lipinski definition) is 5. The van der Waals surface area contributed by atoms with Crippen molar-refractivity contribution in [3.8, 4) is 0 Å². The highest BCUT2D eigenvalue weighted by molar-refractivity contribution is 5.83. The molecule has 1 fully saturated rings. The molecular weight excluding hydrogens is 248 g/mol. The zero-order chi connectivity index (χ0) is 14.1. The quantitative estimate of drug-likeness (QED) is 0.623. The topological polar surface area (TPSA) is 71.0 Å². The van der Waals surface area contributed by atoms with Gasteiger partial charge < -0.3 is 24.8 Å². The van der Waals surface area contributed by atoms with Crippen LogP contribution in [0.1, 0.15) is 12.8 Å². The molecule has 1 amide bonds. The van der Waals surface area contributed by atoms with Crippen LogP contribution >= 0.6 is 0 Å². The number of piperidine rings is 1. The molecule has 0 aromatic rings. The molecule has 0 aromatic heterocycles. The third kappa shape index (κ3) is 4.42. The molecule has 1 aliphatic heterocycles. The van der Waals surface area contributed by atoms with Gasteiger partial charge in [-0.3, -0.25) is 4.79 Å². The van der Waals surface area contributed by atoms with Crippen LogP contribution in [0.3, 0.4) is 0 Å². The number of nitrogens with zero attached hydrogens (tertiary/aromatic N) is 1. The Bertz CT molecular complexity index is 262. The van der Waals surface area contributed by atoms with Crippen molar-refractivity contribution in [3.05, 3.63) is 0 Å². The lowest BCUT2D eigenvalue weighted by molar-refractivity contribution is -0.148. The number of hydrogen-bond donors (Lipinski definition) is 2. The van der Waals surface area contributed by atoms with Gasteiger partial charge >= 0.3 is 0 Å². The first-order valence-electron chi connectivity index (χ1n) is 6.79. The van der Waals surface area contributed by atoms with Gasteiger partial charge in [0.2, 0.25) is 5.91 Å². The molecule has 0 aliphatic carbocycles. The highest BCUT2D eigenvalue weighted by atomic mass is 16.5. The van der Waals surface area contributed by atoms with E-state index in [4.69, 9.17) is 14.6 Å². The number of nitrogens with one attached hydrogen (secondary N) is 1. The lowest BCUT2D eigenvalue weighted by atomic mass is 9.78. The summed E-state index contributed by atoms with van der Waals surface area (Å²) in [5, 5.41) is 12.4. The maximum Gasteiger partial charge on any atom is 0.231 e. The predicted molar refractivity (Wildman–Crippen MR) is 72.0 cm³/mol. The van der Waals surface area contributed by atoms with Crippen molar-refractivity contribution in [3.63, 3.8) is 0 Å². The zero-order valence-electron chi connectivity index (χ0n) is 12.0. The van der Waals surface area contributed by atoms with Crippen molar-refractivity contribution < 1.29 is 19.4 Å². The molecule has 0 radical (unpaired) electrons. The molecule has 0 aromatic carbocycles. The Morgan fingerprint density at radius 1 is 1.26 bits per heavy atom. The SMILES string of the molecule is COCCN(CCO)C(=O)C1(COC)CCNCC1. The molecule has 19 heavy (non-hydrogen) atoms. The molecule has 0 spiro atoms. The highest BCUT2D eigenvalue weighted by Gasteiger charge is 2.41. The zero-order valence-corrected chi connectivity index (χ0v) is 12.0. The molecule has 0 saturated carbocycles. The fourth-order valence-electron chi connectivity index (χ4n) is 2.57. The normalized spacial score (nSPS) is 18.3. The minimum atomic E-state index is -0.455. The van der Waals surface area contributed by atoms with Gasteiger partial charge in [0.1, 0.15) is 0 Å². The lowest BCUT2D eigenvalue weighted by Crippen LogP contribution is -2.52. The fourth-order valence-corrected chi connectivity index (χ4v) is 2.57. The van der Waals surface area contributed by atoms with Gasteiger partial charge in [-0.1, -0.05) is 0 Å². The molecule has 1 saturated heterocycles. The Balaban J connectivity index is 2.76. The van der Waals surface area contributed by atoms with E-state index < -0.39 is 5.41 Å². The van der Waals surface area contributed by atoms with E-state index in [0.29, 0.717) is 26.3 Å². The van der Waals surface area contributed by atoms with Gasteiger partial charge in [-0.15, -0.1) is 0 Å². The van der Waals surface area contributed by atoms with Crippen molar-refractivity contribution in [2.75, 3.05) is 60.2 Å². The lowest BCUT2D eigenvalue weighted by Gasteiger charge is -2.39. The second-order valence-corrected chi connectivity index (χ2v) is 4.97. The summed E-state index contributed by atoms with van der Waals surface area (Å²) in [5.74, 6) is 0.0713. The maximum atomic E-state index is 12.8. The second-order valence-electron chi connectivity index (χ2n) is 4.97.